The summed E-state index contributed by atoms with van der Waals surface area (Å²) in [6.07, 6.45) is 7.96. The molecule has 1 N–H and O–H groups in total. The lowest BCUT2D eigenvalue weighted by Crippen LogP contribution is -2.20. The molecular formula is C11H17N3. The highest BCUT2D eigenvalue weighted by atomic mass is 15.2. The van der Waals surface area contributed by atoms with Crippen molar-refractivity contribution in [3.63, 3.8) is 0 Å². The van der Waals surface area contributed by atoms with Crippen molar-refractivity contribution in [2.75, 3.05) is 14.1 Å². The Morgan fingerprint density at radius 2 is 2.29 bits per heavy atom. The minimum atomic E-state index is 0.958. The molecule has 0 saturated heterocycles. The Kier molecular flexibility index (Phi) is 3.51. The Hall–Kier alpha value is -1.51. The standard InChI is InChI=1S/C11H17N3/c1-5-9(2)6-11-13-7-10(12-3)8-14(11)4/h5-8,12H,1-4H3/b9-5-,11-6-. The highest BCUT2D eigenvalue weighted by molar-refractivity contribution is 5.79. The molecule has 0 saturated carbocycles. The van der Waals surface area contributed by atoms with Crippen molar-refractivity contribution in [1.29, 1.82) is 0 Å². The van der Waals surface area contributed by atoms with Gasteiger partial charge in [0.15, 0.2) is 0 Å². The van der Waals surface area contributed by atoms with Crippen molar-refractivity contribution in [3.05, 3.63) is 35.4 Å². The van der Waals surface area contributed by atoms with Crippen LogP contribution in [0.5, 0.6) is 0 Å². The summed E-state index contributed by atoms with van der Waals surface area (Å²) in [5.41, 5.74) is 2.23. The number of nitrogens with zero attached hydrogens (tertiary/aromatic N) is 2. The molecule has 1 aliphatic rings. The number of nitrogens with one attached hydrogen (secondary N) is 1. The quantitative estimate of drug-likeness (QED) is 0.721. The zero-order valence-electron chi connectivity index (χ0n) is 9.20. The maximum absolute atomic E-state index is 4.34. The van der Waals surface area contributed by atoms with Gasteiger partial charge in [0.05, 0.1) is 11.9 Å². The summed E-state index contributed by atoms with van der Waals surface area (Å²) in [4.78, 5) is 6.34. The molecule has 0 radical (unpaired) electrons. The first-order valence-electron chi connectivity index (χ1n) is 4.68. The number of hydrogen-bond acceptors (Lipinski definition) is 3. The molecule has 0 aromatic carbocycles. The lowest BCUT2D eigenvalue weighted by molar-refractivity contribution is 0.549. The fourth-order valence-electron chi connectivity index (χ4n) is 1.09. The summed E-state index contributed by atoms with van der Waals surface area (Å²) >= 11 is 0. The largest absolute Gasteiger partial charge is 0.386 e. The summed E-state index contributed by atoms with van der Waals surface area (Å²) in [6.45, 7) is 4.08. The predicted octanol–water partition coefficient (Wildman–Crippen LogP) is 1.87. The molecule has 0 aliphatic carbocycles. The molecule has 0 unspecified atom stereocenters. The van der Waals surface area contributed by atoms with E-state index in [1.807, 2.05) is 38.3 Å². The minimum absolute atomic E-state index is 0.958. The van der Waals surface area contributed by atoms with Gasteiger partial charge in [0.2, 0.25) is 0 Å². The molecule has 1 rings (SSSR count). The van der Waals surface area contributed by atoms with Crippen molar-refractivity contribution < 1.29 is 0 Å². The molecule has 0 aromatic rings. The van der Waals surface area contributed by atoms with Crippen LogP contribution in [0.25, 0.3) is 0 Å². The third-order valence-corrected chi connectivity index (χ3v) is 2.13. The molecule has 0 amide bonds. The highest BCUT2D eigenvalue weighted by Gasteiger charge is 2.05. The second-order valence-electron chi connectivity index (χ2n) is 3.24. The van der Waals surface area contributed by atoms with E-state index in [4.69, 9.17) is 0 Å². The van der Waals surface area contributed by atoms with Gasteiger partial charge >= 0.3 is 0 Å². The lowest BCUT2D eigenvalue weighted by atomic mass is 10.2. The molecular weight excluding hydrogens is 174 g/mol. The van der Waals surface area contributed by atoms with Gasteiger partial charge in [-0.15, -0.1) is 0 Å². The van der Waals surface area contributed by atoms with Crippen molar-refractivity contribution in [3.8, 4) is 0 Å². The van der Waals surface area contributed by atoms with Gasteiger partial charge in [-0.25, -0.2) is 4.99 Å². The number of aliphatic imine (C=N–C) groups is 1. The van der Waals surface area contributed by atoms with Crippen LogP contribution in [0, 0.1) is 0 Å². The van der Waals surface area contributed by atoms with Gasteiger partial charge < -0.3 is 10.2 Å². The third-order valence-electron chi connectivity index (χ3n) is 2.13. The van der Waals surface area contributed by atoms with Crippen LogP contribution in [-0.4, -0.2) is 25.2 Å². The number of hydrogen-bond donors (Lipinski definition) is 1. The van der Waals surface area contributed by atoms with E-state index in [0.29, 0.717) is 0 Å². The zero-order valence-corrected chi connectivity index (χ0v) is 9.20. The van der Waals surface area contributed by atoms with Crippen molar-refractivity contribution >= 4 is 6.21 Å². The Morgan fingerprint density at radius 1 is 1.57 bits per heavy atom. The van der Waals surface area contributed by atoms with Crippen LogP contribution in [0.4, 0.5) is 0 Å². The third kappa shape index (κ3) is 2.49. The van der Waals surface area contributed by atoms with Crippen molar-refractivity contribution in [2.24, 2.45) is 4.99 Å². The Balaban J connectivity index is 2.84. The molecule has 1 heterocycles. The number of rotatable bonds is 2. The fraction of sp³-hybridized carbons (Fsp3) is 0.364. The first kappa shape index (κ1) is 10.6. The average Bonchev–Trinajstić information content (AvgIpc) is 2.20. The van der Waals surface area contributed by atoms with Crippen LogP contribution >= 0.6 is 0 Å². The zero-order chi connectivity index (χ0) is 10.6. The van der Waals surface area contributed by atoms with E-state index in [1.165, 1.54) is 5.57 Å². The summed E-state index contributed by atoms with van der Waals surface area (Å²) < 4.78 is 0. The summed E-state index contributed by atoms with van der Waals surface area (Å²) in [5, 5.41) is 3.05. The van der Waals surface area contributed by atoms with Crippen LogP contribution in [0.15, 0.2) is 40.4 Å². The van der Waals surface area contributed by atoms with E-state index < -0.39 is 0 Å². The van der Waals surface area contributed by atoms with E-state index in [0.717, 1.165) is 11.5 Å². The topological polar surface area (TPSA) is 27.6 Å². The molecule has 76 valence electrons. The van der Waals surface area contributed by atoms with Gasteiger partial charge in [-0.2, -0.15) is 0 Å². The fourth-order valence-corrected chi connectivity index (χ4v) is 1.09. The van der Waals surface area contributed by atoms with Gasteiger partial charge in [-0.05, 0) is 19.9 Å². The summed E-state index contributed by atoms with van der Waals surface area (Å²) in [6, 6.07) is 0. The molecule has 1 aliphatic heterocycles. The predicted molar refractivity (Wildman–Crippen MR) is 60.9 cm³/mol. The molecule has 0 bridgehead atoms. The Labute approximate surface area is 85.5 Å². The maximum atomic E-state index is 4.34. The van der Waals surface area contributed by atoms with E-state index in [9.17, 15) is 0 Å². The summed E-state index contributed by atoms with van der Waals surface area (Å²) in [5.74, 6) is 0.958. The van der Waals surface area contributed by atoms with E-state index in [2.05, 4.69) is 29.4 Å². The maximum Gasteiger partial charge on any atom is 0.132 e. The first-order valence-corrected chi connectivity index (χ1v) is 4.68. The molecule has 0 aromatic heterocycles. The Bertz CT molecular complexity index is 321. The van der Waals surface area contributed by atoms with Crippen molar-refractivity contribution in [1.82, 2.24) is 10.2 Å². The first-order chi connectivity index (χ1) is 6.67. The van der Waals surface area contributed by atoms with Gasteiger partial charge in [0.25, 0.3) is 0 Å². The molecule has 0 spiro atoms. The normalized spacial score (nSPS) is 20.0. The van der Waals surface area contributed by atoms with Gasteiger partial charge in [0.1, 0.15) is 5.82 Å². The van der Waals surface area contributed by atoms with Crippen LogP contribution in [0.1, 0.15) is 13.8 Å². The van der Waals surface area contributed by atoms with E-state index >= 15 is 0 Å². The molecule has 0 fully saturated rings. The van der Waals surface area contributed by atoms with E-state index in [1.54, 1.807) is 0 Å². The minimum Gasteiger partial charge on any atom is -0.386 e. The van der Waals surface area contributed by atoms with Crippen molar-refractivity contribution in [2.45, 2.75) is 13.8 Å². The highest BCUT2D eigenvalue weighted by Crippen LogP contribution is 2.12. The number of allylic oxidation sites excluding steroid dienone is 4. The summed E-state index contributed by atoms with van der Waals surface area (Å²) in [7, 11) is 3.88. The van der Waals surface area contributed by atoms with Crippen LogP contribution < -0.4 is 5.32 Å². The van der Waals surface area contributed by atoms with Gasteiger partial charge in [-0.1, -0.05) is 11.6 Å². The van der Waals surface area contributed by atoms with E-state index in [-0.39, 0.29) is 0 Å². The van der Waals surface area contributed by atoms with Crippen LogP contribution in [0.3, 0.4) is 0 Å². The lowest BCUT2D eigenvalue weighted by Gasteiger charge is -2.20. The Morgan fingerprint density at radius 3 is 2.79 bits per heavy atom. The monoisotopic (exact) mass is 191 g/mol. The second kappa shape index (κ2) is 4.65. The van der Waals surface area contributed by atoms with Gasteiger partial charge in [0, 0.05) is 20.3 Å². The van der Waals surface area contributed by atoms with Gasteiger partial charge in [-0.3, -0.25) is 0 Å². The molecule has 14 heavy (non-hydrogen) atoms. The second-order valence-corrected chi connectivity index (χ2v) is 3.24. The SMILES string of the molecule is C/C=C(C)\C=C1\N=CC(NC)=CN1C. The average molecular weight is 191 g/mol. The van der Waals surface area contributed by atoms with Crippen LogP contribution in [0.2, 0.25) is 0 Å². The smallest absolute Gasteiger partial charge is 0.132 e. The molecule has 0 atom stereocenters. The molecule has 3 nitrogen and oxygen atoms in total. The molecule has 3 heteroatoms. The van der Waals surface area contributed by atoms with Crippen LogP contribution in [-0.2, 0) is 0 Å².